The molecule has 0 aromatic carbocycles. The van der Waals surface area contributed by atoms with E-state index in [1.807, 2.05) is 6.92 Å². The highest BCUT2D eigenvalue weighted by Gasteiger charge is 1.94. The van der Waals surface area contributed by atoms with Crippen LogP contribution >= 0.6 is 0 Å². The minimum absolute atomic E-state index is 0.487. The number of nitrogens with two attached hydrogens (primary N) is 1. The summed E-state index contributed by atoms with van der Waals surface area (Å²) in [4.78, 5) is 0. The van der Waals surface area contributed by atoms with Gasteiger partial charge < -0.3 is 5.73 Å². The summed E-state index contributed by atoms with van der Waals surface area (Å²) in [7, 11) is 0. The van der Waals surface area contributed by atoms with E-state index in [1.165, 1.54) is 0 Å². The minimum Gasteiger partial charge on any atom is -0.402 e. The molecular formula is C10H19N. The van der Waals surface area contributed by atoms with E-state index in [4.69, 9.17) is 5.73 Å². The molecule has 0 rings (SSSR count). The lowest BCUT2D eigenvalue weighted by molar-refractivity contribution is 0.748. The van der Waals surface area contributed by atoms with Gasteiger partial charge in [-0.05, 0) is 25.7 Å². The van der Waals surface area contributed by atoms with Gasteiger partial charge in [-0.1, -0.05) is 32.1 Å². The van der Waals surface area contributed by atoms with Crippen LogP contribution in [-0.2, 0) is 0 Å². The van der Waals surface area contributed by atoms with Gasteiger partial charge in [0.2, 0.25) is 0 Å². The standard InChI is InChI=1S/C10H19N/c1-4-5-6-7-8-10(11)9(2)3/h4-5,8-9H,6-7,11H2,1-3H3/b5-4-,10-8-. The van der Waals surface area contributed by atoms with Crippen molar-refractivity contribution in [2.45, 2.75) is 33.6 Å². The maximum atomic E-state index is 5.74. The van der Waals surface area contributed by atoms with Gasteiger partial charge >= 0.3 is 0 Å². The summed E-state index contributed by atoms with van der Waals surface area (Å²) in [5, 5.41) is 0. The Hall–Kier alpha value is -0.720. The van der Waals surface area contributed by atoms with Gasteiger partial charge in [0.15, 0.2) is 0 Å². The zero-order valence-electron chi connectivity index (χ0n) is 7.80. The first-order valence-electron chi connectivity index (χ1n) is 4.25. The van der Waals surface area contributed by atoms with Gasteiger partial charge in [-0.2, -0.15) is 0 Å². The van der Waals surface area contributed by atoms with Crippen molar-refractivity contribution in [1.82, 2.24) is 0 Å². The van der Waals surface area contributed by atoms with E-state index < -0.39 is 0 Å². The Bertz CT molecular complexity index is 143. The second-order valence-electron chi connectivity index (χ2n) is 3.01. The minimum atomic E-state index is 0.487. The fraction of sp³-hybridized carbons (Fsp3) is 0.600. The molecule has 1 nitrogen and oxygen atoms in total. The van der Waals surface area contributed by atoms with Crippen LogP contribution in [0.15, 0.2) is 23.9 Å². The molecular weight excluding hydrogens is 134 g/mol. The molecule has 0 atom stereocenters. The molecule has 0 aliphatic heterocycles. The van der Waals surface area contributed by atoms with Crippen LogP contribution < -0.4 is 5.73 Å². The molecule has 1 heteroatoms. The number of hydrogen-bond donors (Lipinski definition) is 1. The van der Waals surface area contributed by atoms with Crippen LogP contribution in [0.5, 0.6) is 0 Å². The van der Waals surface area contributed by atoms with Crippen molar-refractivity contribution in [3.63, 3.8) is 0 Å². The molecule has 0 unspecified atom stereocenters. The molecule has 0 heterocycles. The molecule has 0 aromatic heterocycles. The Labute approximate surface area is 70.0 Å². The first kappa shape index (κ1) is 10.3. The van der Waals surface area contributed by atoms with Gasteiger partial charge in [0.25, 0.3) is 0 Å². The van der Waals surface area contributed by atoms with Crippen LogP contribution in [0, 0.1) is 5.92 Å². The third kappa shape index (κ3) is 5.71. The Kier molecular flexibility index (Phi) is 5.63. The van der Waals surface area contributed by atoms with Crippen LogP contribution in [0.3, 0.4) is 0 Å². The highest BCUT2D eigenvalue weighted by Crippen LogP contribution is 2.04. The van der Waals surface area contributed by atoms with Crippen molar-refractivity contribution in [3.8, 4) is 0 Å². The van der Waals surface area contributed by atoms with Gasteiger partial charge in [-0.3, -0.25) is 0 Å². The third-order valence-electron chi connectivity index (χ3n) is 1.62. The Morgan fingerprint density at radius 3 is 2.45 bits per heavy atom. The van der Waals surface area contributed by atoms with E-state index >= 15 is 0 Å². The first-order valence-corrected chi connectivity index (χ1v) is 4.25. The van der Waals surface area contributed by atoms with E-state index in [0.717, 1.165) is 18.5 Å². The van der Waals surface area contributed by atoms with Crippen molar-refractivity contribution in [1.29, 1.82) is 0 Å². The molecule has 0 aromatic rings. The highest BCUT2D eigenvalue weighted by atomic mass is 14.6. The summed E-state index contributed by atoms with van der Waals surface area (Å²) in [5.74, 6) is 0.487. The van der Waals surface area contributed by atoms with E-state index in [0.29, 0.717) is 5.92 Å². The normalized spacial score (nSPS) is 13.3. The van der Waals surface area contributed by atoms with Crippen molar-refractivity contribution < 1.29 is 0 Å². The van der Waals surface area contributed by atoms with E-state index in [9.17, 15) is 0 Å². The molecule has 0 spiro atoms. The zero-order valence-corrected chi connectivity index (χ0v) is 7.80. The lowest BCUT2D eigenvalue weighted by atomic mass is 10.1. The zero-order chi connectivity index (χ0) is 8.69. The number of rotatable bonds is 4. The van der Waals surface area contributed by atoms with Crippen molar-refractivity contribution >= 4 is 0 Å². The van der Waals surface area contributed by atoms with Gasteiger partial charge in [0, 0.05) is 5.70 Å². The average molecular weight is 153 g/mol. The largest absolute Gasteiger partial charge is 0.402 e. The van der Waals surface area contributed by atoms with Crippen LogP contribution in [0.25, 0.3) is 0 Å². The molecule has 0 radical (unpaired) electrons. The lowest BCUT2D eigenvalue weighted by Crippen LogP contribution is -2.04. The SMILES string of the molecule is C/C=C\CC/C=C(\N)C(C)C. The molecule has 0 aliphatic carbocycles. The second-order valence-corrected chi connectivity index (χ2v) is 3.01. The molecule has 0 saturated heterocycles. The van der Waals surface area contributed by atoms with Crippen LogP contribution in [-0.4, -0.2) is 0 Å². The predicted octanol–water partition coefficient (Wildman–Crippen LogP) is 2.84. The Balaban J connectivity index is 3.56. The summed E-state index contributed by atoms with van der Waals surface area (Å²) in [5.41, 5.74) is 6.74. The molecule has 0 bridgehead atoms. The molecule has 0 fully saturated rings. The topological polar surface area (TPSA) is 26.0 Å². The van der Waals surface area contributed by atoms with Crippen molar-refractivity contribution in [2.24, 2.45) is 11.7 Å². The van der Waals surface area contributed by atoms with E-state index in [-0.39, 0.29) is 0 Å². The molecule has 0 aliphatic rings. The van der Waals surface area contributed by atoms with Gasteiger partial charge in [-0.15, -0.1) is 0 Å². The molecule has 64 valence electrons. The molecule has 0 amide bonds. The van der Waals surface area contributed by atoms with Crippen LogP contribution in [0.1, 0.15) is 33.6 Å². The number of hydrogen-bond acceptors (Lipinski definition) is 1. The van der Waals surface area contributed by atoms with Crippen LogP contribution in [0.4, 0.5) is 0 Å². The fourth-order valence-electron chi connectivity index (χ4n) is 0.749. The first-order chi connectivity index (χ1) is 5.18. The van der Waals surface area contributed by atoms with Gasteiger partial charge in [-0.25, -0.2) is 0 Å². The molecule has 2 N–H and O–H groups in total. The lowest BCUT2D eigenvalue weighted by Gasteiger charge is -2.03. The van der Waals surface area contributed by atoms with Crippen molar-refractivity contribution in [3.05, 3.63) is 23.9 Å². The fourth-order valence-corrected chi connectivity index (χ4v) is 0.749. The predicted molar refractivity (Wildman–Crippen MR) is 51.2 cm³/mol. The maximum Gasteiger partial charge on any atom is 0.00660 e. The number of allylic oxidation sites excluding steroid dienone is 4. The third-order valence-corrected chi connectivity index (χ3v) is 1.62. The Morgan fingerprint density at radius 1 is 1.36 bits per heavy atom. The summed E-state index contributed by atoms with van der Waals surface area (Å²) in [6, 6.07) is 0. The smallest absolute Gasteiger partial charge is 0.00660 e. The number of unbranched alkanes of at least 4 members (excludes halogenated alkanes) is 1. The van der Waals surface area contributed by atoms with E-state index in [1.54, 1.807) is 0 Å². The Morgan fingerprint density at radius 2 is 2.00 bits per heavy atom. The van der Waals surface area contributed by atoms with Gasteiger partial charge in [0.1, 0.15) is 0 Å². The van der Waals surface area contributed by atoms with Crippen LogP contribution in [0.2, 0.25) is 0 Å². The monoisotopic (exact) mass is 153 g/mol. The summed E-state index contributed by atoms with van der Waals surface area (Å²) in [6.07, 6.45) is 8.51. The average Bonchev–Trinajstić information content (AvgIpc) is 1.97. The van der Waals surface area contributed by atoms with Gasteiger partial charge in [0.05, 0.1) is 0 Å². The molecule has 0 saturated carbocycles. The summed E-state index contributed by atoms with van der Waals surface area (Å²) < 4.78 is 0. The highest BCUT2D eigenvalue weighted by molar-refractivity contribution is 4.99. The summed E-state index contributed by atoms with van der Waals surface area (Å²) in [6.45, 7) is 6.26. The van der Waals surface area contributed by atoms with E-state index in [2.05, 4.69) is 32.1 Å². The van der Waals surface area contributed by atoms with Crippen molar-refractivity contribution in [2.75, 3.05) is 0 Å². The molecule has 11 heavy (non-hydrogen) atoms. The quantitative estimate of drug-likeness (QED) is 0.488. The maximum absolute atomic E-state index is 5.74. The summed E-state index contributed by atoms with van der Waals surface area (Å²) >= 11 is 0. The second kappa shape index (κ2) is 6.02.